The molecule has 4 heteroatoms. The van der Waals surface area contributed by atoms with Crippen LogP contribution in [0.2, 0.25) is 0 Å². The summed E-state index contributed by atoms with van der Waals surface area (Å²) >= 11 is 0. The Hall–Kier alpha value is -2.49. The topological polar surface area (TPSA) is 47.6 Å². The first-order valence-corrected chi connectivity index (χ1v) is 9.48. The van der Waals surface area contributed by atoms with Crippen LogP contribution in [0.25, 0.3) is 0 Å². The van der Waals surface area contributed by atoms with Gasteiger partial charge in [-0.3, -0.25) is 4.79 Å². The largest absolute Gasteiger partial charge is 0.487 e. The van der Waals surface area contributed by atoms with Crippen LogP contribution in [0.1, 0.15) is 55.5 Å². The quantitative estimate of drug-likeness (QED) is 0.844. The zero-order chi connectivity index (χ0) is 19.8. The van der Waals surface area contributed by atoms with Gasteiger partial charge in [-0.25, -0.2) is 0 Å². The average molecular weight is 367 g/mol. The number of ether oxygens (including phenoxy) is 2. The fourth-order valence-corrected chi connectivity index (χ4v) is 3.42. The first kappa shape index (κ1) is 19.3. The summed E-state index contributed by atoms with van der Waals surface area (Å²) < 4.78 is 12.0. The van der Waals surface area contributed by atoms with E-state index in [1.54, 1.807) is 6.92 Å². The highest BCUT2D eigenvalue weighted by Crippen LogP contribution is 2.40. The molecule has 2 aromatic rings. The molecule has 1 aliphatic rings. The van der Waals surface area contributed by atoms with Crippen LogP contribution in [0.15, 0.2) is 36.4 Å². The van der Waals surface area contributed by atoms with Crippen molar-refractivity contribution in [2.75, 3.05) is 0 Å². The monoisotopic (exact) mass is 367 g/mol. The summed E-state index contributed by atoms with van der Waals surface area (Å²) in [6.45, 7) is 12.0. The van der Waals surface area contributed by atoms with E-state index in [9.17, 15) is 4.79 Å². The van der Waals surface area contributed by atoms with Crippen LogP contribution in [0.3, 0.4) is 0 Å². The Morgan fingerprint density at radius 3 is 2.59 bits per heavy atom. The standard InChI is InChI=1S/C23H29NO3/c1-14-7-10-19-20(13-23(5,6)27-21(19)11-14)24-22(25)17(4)26-18-9-8-15(2)16(3)12-18/h7-12,17,20H,13H2,1-6H3,(H,24,25)/t17-,20+/m1/s1. The van der Waals surface area contributed by atoms with Gasteiger partial charge in [0.2, 0.25) is 0 Å². The van der Waals surface area contributed by atoms with Crippen molar-refractivity contribution in [2.45, 2.75) is 65.7 Å². The van der Waals surface area contributed by atoms with Crippen molar-refractivity contribution in [3.05, 3.63) is 58.7 Å². The van der Waals surface area contributed by atoms with Crippen LogP contribution in [-0.2, 0) is 4.79 Å². The van der Waals surface area contributed by atoms with Crippen LogP contribution >= 0.6 is 0 Å². The predicted octanol–water partition coefficient (Wildman–Crippen LogP) is 4.80. The van der Waals surface area contributed by atoms with Crippen molar-refractivity contribution >= 4 is 5.91 Å². The molecule has 1 amide bonds. The van der Waals surface area contributed by atoms with Crippen molar-refractivity contribution in [1.29, 1.82) is 0 Å². The molecule has 1 N–H and O–H groups in total. The number of rotatable bonds is 4. The minimum atomic E-state index is -0.577. The molecule has 0 aliphatic carbocycles. The van der Waals surface area contributed by atoms with Crippen LogP contribution in [0.5, 0.6) is 11.5 Å². The molecule has 1 heterocycles. The first-order chi connectivity index (χ1) is 12.6. The van der Waals surface area contributed by atoms with E-state index in [4.69, 9.17) is 9.47 Å². The van der Waals surface area contributed by atoms with Gasteiger partial charge in [-0.1, -0.05) is 18.2 Å². The van der Waals surface area contributed by atoms with Crippen molar-refractivity contribution in [2.24, 2.45) is 0 Å². The highest BCUT2D eigenvalue weighted by atomic mass is 16.5. The Labute approximate surface area is 161 Å². The zero-order valence-electron chi connectivity index (χ0n) is 17.1. The third kappa shape index (κ3) is 4.44. The molecular weight excluding hydrogens is 338 g/mol. The maximum atomic E-state index is 12.8. The van der Waals surface area contributed by atoms with Gasteiger partial charge in [-0.05, 0) is 76.4 Å². The second-order valence-electron chi connectivity index (χ2n) is 8.17. The number of hydrogen-bond donors (Lipinski definition) is 1. The van der Waals surface area contributed by atoms with Gasteiger partial charge in [-0.2, -0.15) is 0 Å². The zero-order valence-corrected chi connectivity index (χ0v) is 17.1. The van der Waals surface area contributed by atoms with Gasteiger partial charge < -0.3 is 14.8 Å². The molecule has 0 bridgehead atoms. The average Bonchev–Trinajstić information content (AvgIpc) is 2.56. The molecule has 0 radical (unpaired) electrons. The van der Waals surface area contributed by atoms with Crippen LogP contribution < -0.4 is 14.8 Å². The normalized spacial score (nSPS) is 18.8. The molecule has 0 fully saturated rings. The summed E-state index contributed by atoms with van der Waals surface area (Å²) in [5.41, 5.74) is 4.18. The summed E-state index contributed by atoms with van der Waals surface area (Å²) in [6, 6.07) is 11.9. The smallest absolute Gasteiger partial charge is 0.261 e. The van der Waals surface area contributed by atoms with E-state index >= 15 is 0 Å². The molecule has 0 unspecified atom stereocenters. The number of fused-ring (bicyclic) bond motifs is 1. The Morgan fingerprint density at radius 1 is 1.15 bits per heavy atom. The summed E-state index contributed by atoms with van der Waals surface area (Å²) in [5, 5.41) is 3.15. The summed E-state index contributed by atoms with van der Waals surface area (Å²) in [5.74, 6) is 1.44. The lowest BCUT2D eigenvalue weighted by molar-refractivity contribution is -0.128. The molecule has 0 spiro atoms. The van der Waals surface area contributed by atoms with Gasteiger partial charge in [0.05, 0.1) is 6.04 Å². The number of benzene rings is 2. The number of nitrogens with one attached hydrogen (secondary N) is 1. The predicted molar refractivity (Wildman–Crippen MR) is 107 cm³/mol. The van der Waals surface area contributed by atoms with Crippen LogP contribution in [0, 0.1) is 20.8 Å². The number of aryl methyl sites for hydroxylation is 3. The first-order valence-electron chi connectivity index (χ1n) is 9.48. The molecule has 27 heavy (non-hydrogen) atoms. The maximum absolute atomic E-state index is 12.8. The van der Waals surface area contributed by atoms with E-state index in [1.165, 1.54) is 5.56 Å². The van der Waals surface area contributed by atoms with Crippen molar-refractivity contribution < 1.29 is 14.3 Å². The molecule has 144 valence electrons. The number of hydrogen-bond acceptors (Lipinski definition) is 3. The van der Waals surface area contributed by atoms with E-state index < -0.39 is 6.10 Å². The molecule has 0 saturated heterocycles. The van der Waals surface area contributed by atoms with Gasteiger partial charge >= 0.3 is 0 Å². The third-order valence-electron chi connectivity index (χ3n) is 5.10. The van der Waals surface area contributed by atoms with Crippen LogP contribution in [-0.4, -0.2) is 17.6 Å². The molecule has 0 saturated carbocycles. The van der Waals surface area contributed by atoms with Gasteiger partial charge in [0.25, 0.3) is 5.91 Å². The van der Waals surface area contributed by atoms with Gasteiger partial charge in [-0.15, -0.1) is 0 Å². The molecule has 4 nitrogen and oxygen atoms in total. The number of carbonyl (C=O) groups is 1. The summed E-state index contributed by atoms with van der Waals surface area (Å²) in [7, 11) is 0. The number of carbonyl (C=O) groups excluding carboxylic acids is 1. The minimum absolute atomic E-state index is 0.0948. The van der Waals surface area contributed by atoms with Gasteiger partial charge in [0.1, 0.15) is 17.1 Å². The molecule has 2 aromatic carbocycles. The van der Waals surface area contributed by atoms with E-state index in [-0.39, 0.29) is 17.6 Å². The summed E-state index contributed by atoms with van der Waals surface area (Å²) in [4.78, 5) is 12.8. The van der Waals surface area contributed by atoms with E-state index in [0.29, 0.717) is 12.2 Å². The Balaban J connectivity index is 1.74. The van der Waals surface area contributed by atoms with Crippen molar-refractivity contribution in [3.63, 3.8) is 0 Å². The van der Waals surface area contributed by atoms with Crippen molar-refractivity contribution in [3.8, 4) is 11.5 Å². The summed E-state index contributed by atoms with van der Waals surface area (Å²) in [6.07, 6.45) is 0.137. The molecule has 0 aromatic heterocycles. The highest BCUT2D eigenvalue weighted by molar-refractivity contribution is 5.81. The molecular formula is C23H29NO3. The van der Waals surface area contributed by atoms with E-state index in [0.717, 1.165) is 22.4 Å². The van der Waals surface area contributed by atoms with Crippen LogP contribution in [0.4, 0.5) is 0 Å². The Kier molecular flexibility index (Phi) is 5.18. The minimum Gasteiger partial charge on any atom is -0.487 e. The molecule has 2 atom stereocenters. The third-order valence-corrected chi connectivity index (χ3v) is 5.10. The van der Waals surface area contributed by atoms with Gasteiger partial charge in [0.15, 0.2) is 6.10 Å². The fraction of sp³-hybridized carbons (Fsp3) is 0.435. The highest BCUT2D eigenvalue weighted by Gasteiger charge is 2.35. The fourth-order valence-electron chi connectivity index (χ4n) is 3.42. The van der Waals surface area contributed by atoms with Gasteiger partial charge in [0, 0.05) is 12.0 Å². The van der Waals surface area contributed by atoms with E-state index in [1.807, 2.05) is 58.0 Å². The lowest BCUT2D eigenvalue weighted by atomic mass is 9.89. The second-order valence-corrected chi connectivity index (χ2v) is 8.17. The van der Waals surface area contributed by atoms with E-state index in [2.05, 4.69) is 18.3 Å². The lowest BCUT2D eigenvalue weighted by Gasteiger charge is -2.38. The number of amides is 1. The Bertz CT molecular complexity index is 857. The molecule has 3 rings (SSSR count). The van der Waals surface area contributed by atoms with Crippen molar-refractivity contribution in [1.82, 2.24) is 5.32 Å². The SMILES string of the molecule is Cc1ccc2c(c1)OC(C)(C)C[C@@H]2NC(=O)[C@@H](C)Oc1ccc(C)c(C)c1. The maximum Gasteiger partial charge on any atom is 0.261 e. The Morgan fingerprint density at radius 2 is 1.89 bits per heavy atom. The molecule has 1 aliphatic heterocycles. The second kappa shape index (κ2) is 7.26. The lowest BCUT2D eigenvalue weighted by Crippen LogP contribution is -2.44.